The van der Waals surface area contributed by atoms with Crippen LogP contribution in [0.4, 0.5) is 11.5 Å². The van der Waals surface area contributed by atoms with Crippen molar-refractivity contribution in [3.8, 4) is 11.3 Å². The van der Waals surface area contributed by atoms with E-state index in [4.69, 9.17) is 0 Å². The van der Waals surface area contributed by atoms with Gasteiger partial charge >= 0.3 is 0 Å². The van der Waals surface area contributed by atoms with Gasteiger partial charge in [-0.1, -0.05) is 6.07 Å². The summed E-state index contributed by atoms with van der Waals surface area (Å²) in [6.45, 7) is 3.67. The average Bonchev–Trinajstić information content (AvgIpc) is 2.73. The van der Waals surface area contributed by atoms with Gasteiger partial charge in [0.25, 0.3) is 5.91 Å². The van der Waals surface area contributed by atoms with Crippen LogP contribution in [0.5, 0.6) is 0 Å². The third kappa shape index (κ3) is 5.54. The molecule has 0 aliphatic heterocycles. The summed E-state index contributed by atoms with van der Waals surface area (Å²) in [7, 11) is 6.10. The van der Waals surface area contributed by atoms with Crippen LogP contribution >= 0.6 is 22.6 Å². The topological polar surface area (TPSA) is 61.4 Å². The fraction of sp³-hybridized carbons (Fsp3) is 0.261. The van der Waals surface area contributed by atoms with Crippen LogP contribution < -0.4 is 10.2 Å². The van der Waals surface area contributed by atoms with Crippen molar-refractivity contribution in [2.24, 2.45) is 0 Å². The maximum absolute atomic E-state index is 12.9. The van der Waals surface area contributed by atoms with E-state index in [2.05, 4.69) is 47.7 Å². The fourth-order valence-corrected chi connectivity index (χ4v) is 3.60. The number of aromatic nitrogens is 2. The first-order chi connectivity index (χ1) is 14.3. The summed E-state index contributed by atoms with van der Waals surface area (Å²) in [5.74, 6) is 0.688. The minimum absolute atomic E-state index is 0.171. The minimum Gasteiger partial charge on any atom is -0.358 e. The smallest absolute Gasteiger partial charge is 0.257 e. The van der Waals surface area contributed by atoms with Gasteiger partial charge in [0, 0.05) is 41.2 Å². The van der Waals surface area contributed by atoms with Crippen LogP contribution in [-0.2, 0) is 0 Å². The number of aryl methyl sites for hydroxylation is 1. The molecule has 2 aromatic heterocycles. The Labute approximate surface area is 191 Å². The summed E-state index contributed by atoms with van der Waals surface area (Å²) in [6, 6.07) is 15.4. The van der Waals surface area contributed by atoms with E-state index in [0.29, 0.717) is 11.3 Å². The molecular weight excluding hydrogens is 489 g/mol. The molecule has 1 amide bonds. The van der Waals surface area contributed by atoms with Crippen molar-refractivity contribution in [3.05, 3.63) is 69.6 Å². The lowest BCUT2D eigenvalue weighted by atomic mass is 10.1. The van der Waals surface area contributed by atoms with Gasteiger partial charge in [-0.15, -0.1) is 0 Å². The van der Waals surface area contributed by atoms with E-state index in [1.807, 2.05) is 76.6 Å². The summed E-state index contributed by atoms with van der Waals surface area (Å²) < 4.78 is 1.08. The number of hydrogen-bond acceptors (Lipinski definition) is 5. The molecule has 7 heteroatoms. The first kappa shape index (κ1) is 22.2. The Bertz CT molecular complexity index is 1020. The molecule has 0 radical (unpaired) electrons. The summed E-state index contributed by atoms with van der Waals surface area (Å²) in [5.41, 5.74) is 3.87. The Morgan fingerprint density at radius 3 is 2.53 bits per heavy atom. The molecule has 1 aromatic carbocycles. The standard InChI is InChI=1S/C23H26IN5O/c1-16-18(9-11-22(26-16)29(4)14-13-28(2)3)23(30)27-17-8-10-20(24)19(15-17)21-7-5-6-12-25-21/h5-12,15H,13-14H2,1-4H3,(H,27,30). The highest BCUT2D eigenvalue weighted by Gasteiger charge is 2.14. The van der Waals surface area contributed by atoms with Gasteiger partial charge in [-0.3, -0.25) is 9.78 Å². The van der Waals surface area contributed by atoms with Crippen molar-refractivity contribution in [2.45, 2.75) is 6.92 Å². The molecule has 1 N–H and O–H groups in total. The predicted molar refractivity (Wildman–Crippen MR) is 131 cm³/mol. The SMILES string of the molecule is Cc1nc(N(C)CCN(C)C)ccc1C(=O)Nc1ccc(I)c(-c2ccccn2)c1. The number of pyridine rings is 2. The number of nitrogens with one attached hydrogen (secondary N) is 1. The average molecular weight is 515 g/mol. The van der Waals surface area contributed by atoms with Crippen LogP contribution in [0.3, 0.4) is 0 Å². The molecule has 30 heavy (non-hydrogen) atoms. The van der Waals surface area contributed by atoms with Gasteiger partial charge in [0.05, 0.1) is 17.0 Å². The number of rotatable bonds is 7. The molecule has 0 spiro atoms. The Hall–Kier alpha value is -2.52. The van der Waals surface area contributed by atoms with E-state index < -0.39 is 0 Å². The summed E-state index contributed by atoms with van der Waals surface area (Å²) in [4.78, 5) is 26.1. The van der Waals surface area contributed by atoms with E-state index in [-0.39, 0.29) is 5.91 Å². The van der Waals surface area contributed by atoms with Crippen LogP contribution in [0.1, 0.15) is 16.1 Å². The molecule has 3 aromatic rings. The minimum atomic E-state index is -0.171. The zero-order valence-corrected chi connectivity index (χ0v) is 19.8. The summed E-state index contributed by atoms with van der Waals surface area (Å²) in [6.07, 6.45) is 1.77. The fourth-order valence-electron chi connectivity index (χ4n) is 2.98. The second kappa shape index (κ2) is 9.99. The maximum Gasteiger partial charge on any atom is 0.257 e. The van der Waals surface area contributed by atoms with Crippen molar-refractivity contribution in [1.82, 2.24) is 14.9 Å². The molecule has 0 saturated heterocycles. The summed E-state index contributed by atoms with van der Waals surface area (Å²) in [5, 5.41) is 2.99. The van der Waals surface area contributed by atoms with Crippen molar-refractivity contribution < 1.29 is 4.79 Å². The molecule has 0 unspecified atom stereocenters. The quantitative estimate of drug-likeness (QED) is 0.476. The molecule has 0 aliphatic rings. The number of amides is 1. The normalized spacial score (nSPS) is 10.9. The molecule has 156 valence electrons. The second-order valence-electron chi connectivity index (χ2n) is 7.39. The summed E-state index contributed by atoms with van der Waals surface area (Å²) >= 11 is 2.28. The Balaban J connectivity index is 1.76. The lowest BCUT2D eigenvalue weighted by Gasteiger charge is -2.21. The predicted octanol–water partition coefficient (Wildman–Crippen LogP) is 4.31. The van der Waals surface area contributed by atoms with Crippen molar-refractivity contribution in [1.29, 1.82) is 0 Å². The highest BCUT2D eigenvalue weighted by Crippen LogP contribution is 2.27. The number of hydrogen-bond donors (Lipinski definition) is 1. The van der Waals surface area contributed by atoms with Gasteiger partial charge in [0.2, 0.25) is 0 Å². The number of halogens is 1. The van der Waals surface area contributed by atoms with Crippen LogP contribution in [-0.4, -0.2) is 55.0 Å². The number of benzene rings is 1. The zero-order valence-electron chi connectivity index (χ0n) is 17.7. The molecule has 0 fully saturated rings. The monoisotopic (exact) mass is 515 g/mol. The van der Waals surface area contributed by atoms with Crippen molar-refractivity contribution in [3.63, 3.8) is 0 Å². The molecule has 6 nitrogen and oxygen atoms in total. The van der Waals surface area contributed by atoms with Gasteiger partial charge in [-0.25, -0.2) is 4.98 Å². The van der Waals surface area contributed by atoms with Crippen LogP contribution in [0.25, 0.3) is 11.3 Å². The van der Waals surface area contributed by atoms with Crippen LogP contribution in [0.2, 0.25) is 0 Å². The lowest BCUT2D eigenvalue weighted by molar-refractivity contribution is 0.102. The first-order valence-electron chi connectivity index (χ1n) is 9.71. The lowest BCUT2D eigenvalue weighted by Crippen LogP contribution is -2.29. The van der Waals surface area contributed by atoms with Gasteiger partial charge in [-0.2, -0.15) is 0 Å². The number of carbonyl (C=O) groups is 1. The Morgan fingerprint density at radius 1 is 1.07 bits per heavy atom. The van der Waals surface area contributed by atoms with E-state index >= 15 is 0 Å². The molecular formula is C23H26IN5O. The van der Waals surface area contributed by atoms with Gasteiger partial charge in [0.1, 0.15) is 5.82 Å². The van der Waals surface area contributed by atoms with E-state index in [1.54, 1.807) is 6.20 Å². The van der Waals surface area contributed by atoms with E-state index in [9.17, 15) is 4.79 Å². The highest BCUT2D eigenvalue weighted by atomic mass is 127. The molecule has 0 aliphatic carbocycles. The molecule has 0 saturated carbocycles. The number of anilines is 2. The number of likely N-dealkylation sites (N-methyl/N-ethyl adjacent to an activating group) is 2. The van der Waals surface area contributed by atoms with E-state index in [0.717, 1.165) is 39.4 Å². The molecule has 0 atom stereocenters. The Morgan fingerprint density at radius 2 is 1.87 bits per heavy atom. The second-order valence-corrected chi connectivity index (χ2v) is 8.55. The molecule has 2 heterocycles. The molecule has 3 rings (SSSR count). The maximum atomic E-state index is 12.9. The van der Waals surface area contributed by atoms with Crippen LogP contribution in [0, 0.1) is 10.5 Å². The third-order valence-electron chi connectivity index (χ3n) is 4.75. The first-order valence-corrected chi connectivity index (χ1v) is 10.8. The third-order valence-corrected chi connectivity index (χ3v) is 5.70. The molecule has 0 bridgehead atoms. The van der Waals surface area contributed by atoms with Crippen LogP contribution in [0.15, 0.2) is 54.7 Å². The van der Waals surface area contributed by atoms with Gasteiger partial charge in [0.15, 0.2) is 0 Å². The number of carbonyl (C=O) groups excluding carboxylic acids is 1. The van der Waals surface area contributed by atoms with Gasteiger partial charge < -0.3 is 15.1 Å². The largest absolute Gasteiger partial charge is 0.358 e. The highest BCUT2D eigenvalue weighted by molar-refractivity contribution is 14.1. The number of nitrogens with zero attached hydrogens (tertiary/aromatic N) is 4. The van der Waals surface area contributed by atoms with E-state index in [1.165, 1.54) is 0 Å². The van der Waals surface area contributed by atoms with Crippen molar-refractivity contribution >= 4 is 40.0 Å². The van der Waals surface area contributed by atoms with Crippen molar-refractivity contribution in [2.75, 3.05) is 44.4 Å². The Kier molecular flexibility index (Phi) is 7.38. The van der Waals surface area contributed by atoms with Gasteiger partial charge in [-0.05, 0) is 86.1 Å². The zero-order chi connectivity index (χ0) is 21.7.